The Morgan fingerprint density at radius 3 is 2.44 bits per heavy atom. The molecule has 1 unspecified atom stereocenters. The lowest BCUT2D eigenvalue weighted by molar-refractivity contribution is -0.140. The van der Waals surface area contributed by atoms with Crippen molar-refractivity contribution in [2.75, 3.05) is 46.4 Å². The van der Waals surface area contributed by atoms with E-state index in [1.165, 1.54) is 18.1 Å². The van der Waals surface area contributed by atoms with Crippen molar-refractivity contribution in [2.45, 2.75) is 6.04 Å². The first-order valence-corrected chi connectivity index (χ1v) is 10.6. The van der Waals surface area contributed by atoms with Gasteiger partial charge in [-0.15, -0.1) is 0 Å². The van der Waals surface area contributed by atoms with Crippen LogP contribution in [0.2, 0.25) is 0 Å². The van der Waals surface area contributed by atoms with Crippen molar-refractivity contribution in [3.8, 4) is 5.75 Å². The van der Waals surface area contributed by atoms with Crippen LogP contribution < -0.4 is 10.1 Å². The molecule has 2 fully saturated rings. The van der Waals surface area contributed by atoms with E-state index in [1.54, 1.807) is 42.5 Å². The third kappa shape index (κ3) is 4.24. The van der Waals surface area contributed by atoms with Crippen LogP contribution in [0.15, 0.2) is 54.1 Å². The molecule has 32 heavy (non-hydrogen) atoms. The topological polar surface area (TPSA) is 82.1 Å². The van der Waals surface area contributed by atoms with Crippen LogP contribution in [0.1, 0.15) is 17.2 Å². The summed E-state index contributed by atoms with van der Waals surface area (Å²) in [6, 6.07) is 11.5. The molecule has 2 aliphatic heterocycles. The Morgan fingerprint density at radius 1 is 1.09 bits per heavy atom. The number of hydrogen-bond donors (Lipinski definition) is 2. The number of nitrogens with zero attached hydrogens (tertiary/aromatic N) is 2. The minimum atomic E-state index is -0.999. The quantitative estimate of drug-likeness (QED) is 0.408. The van der Waals surface area contributed by atoms with E-state index >= 15 is 0 Å². The van der Waals surface area contributed by atoms with Crippen LogP contribution in [0, 0.1) is 5.82 Å². The Hall–Kier alpha value is -3.23. The number of amides is 1. The normalized spacial score (nSPS) is 21.2. The molecular formula is C24H26FN3O4. The van der Waals surface area contributed by atoms with Crippen molar-refractivity contribution in [1.82, 2.24) is 15.1 Å². The number of rotatable bonds is 6. The van der Waals surface area contributed by atoms with Crippen LogP contribution in [-0.2, 0) is 9.59 Å². The van der Waals surface area contributed by atoms with Crippen LogP contribution in [0.3, 0.4) is 0 Å². The lowest BCUT2D eigenvalue weighted by atomic mass is 9.95. The Kier molecular flexibility index (Phi) is 6.53. The summed E-state index contributed by atoms with van der Waals surface area (Å²) in [5.74, 6) is -1.82. The first kappa shape index (κ1) is 22.0. The van der Waals surface area contributed by atoms with Gasteiger partial charge in [-0.05, 0) is 30.3 Å². The Balaban J connectivity index is 1.74. The highest BCUT2D eigenvalue weighted by Gasteiger charge is 2.46. The monoisotopic (exact) mass is 439 g/mol. The second-order valence-electron chi connectivity index (χ2n) is 7.83. The van der Waals surface area contributed by atoms with Crippen LogP contribution in [0.5, 0.6) is 5.75 Å². The fourth-order valence-corrected chi connectivity index (χ4v) is 4.22. The second-order valence-corrected chi connectivity index (χ2v) is 7.83. The Bertz CT molecular complexity index is 1030. The summed E-state index contributed by atoms with van der Waals surface area (Å²) in [6.07, 6.45) is 0. The first-order chi connectivity index (χ1) is 15.5. The zero-order valence-electron chi connectivity index (χ0n) is 17.9. The molecule has 0 saturated carbocycles. The van der Waals surface area contributed by atoms with Gasteiger partial charge in [0, 0.05) is 50.4 Å². The highest BCUT2D eigenvalue weighted by Crippen LogP contribution is 2.40. The molecule has 0 aromatic heterocycles. The summed E-state index contributed by atoms with van der Waals surface area (Å²) >= 11 is 0. The van der Waals surface area contributed by atoms with E-state index in [-0.39, 0.29) is 23.4 Å². The minimum Gasteiger partial charge on any atom is -0.507 e. The zero-order chi connectivity index (χ0) is 22.7. The lowest BCUT2D eigenvalue weighted by Gasteiger charge is -2.31. The SMILES string of the molecule is COc1ccc(/C(O)=C2\C(=O)C(=O)N(CCN3CCNCC3)C2c2ccccc2F)cc1. The number of halogens is 1. The number of Topliss-reactive ketones (excluding diaryl/α,β-unsaturated/α-hetero) is 1. The first-order valence-electron chi connectivity index (χ1n) is 10.6. The van der Waals surface area contributed by atoms with Crippen molar-refractivity contribution in [1.29, 1.82) is 0 Å². The van der Waals surface area contributed by atoms with E-state index < -0.39 is 23.5 Å². The summed E-state index contributed by atoms with van der Waals surface area (Å²) in [7, 11) is 1.52. The molecule has 1 amide bonds. The van der Waals surface area contributed by atoms with Gasteiger partial charge in [-0.25, -0.2) is 4.39 Å². The van der Waals surface area contributed by atoms with Crippen molar-refractivity contribution >= 4 is 17.4 Å². The van der Waals surface area contributed by atoms with Crippen LogP contribution in [0.25, 0.3) is 5.76 Å². The summed E-state index contributed by atoms with van der Waals surface area (Å²) in [5.41, 5.74) is 0.430. The number of methoxy groups -OCH3 is 1. The molecule has 2 aromatic rings. The molecule has 2 saturated heterocycles. The van der Waals surface area contributed by atoms with Crippen molar-refractivity contribution in [3.63, 3.8) is 0 Å². The van der Waals surface area contributed by atoms with Crippen molar-refractivity contribution in [3.05, 3.63) is 71.0 Å². The maximum absolute atomic E-state index is 14.8. The molecule has 4 rings (SSSR count). The van der Waals surface area contributed by atoms with E-state index in [9.17, 15) is 19.1 Å². The van der Waals surface area contributed by atoms with Gasteiger partial charge in [-0.3, -0.25) is 14.5 Å². The summed E-state index contributed by atoms with van der Waals surface area (Å²) in [5, 5.41) is 14.3. The number of benzene rings is 2. The highest BCUT2D eigenvalue weighted by atomic mass is 19.1. The summed E-state index contributed by atoms with van der Waals surface area (Å²) in [4.78, 5) is 29.6. The van der Waals surface area contributed by atoms with E-state index in [4.69, 9.17) is 4.74 Å². The molecule has 2 heterocycles. The van der Waals surface area contributed by atoms with Gasteiger partial charge >= 0.3 is 0 Å². The maximum atomic E-state index is 14.8. The number of aliphatic hydroxyl groups excluding tert-OH is 1. The average Bonchev–Trinajstić information content (AvgIpc) is 3.08. The van der Waals surface area contributed by atoms with Gasteiger partial charge in [0.25, 0.3) is 11.7 Å². The summed E-state index contributed by atoms with van der Waals surface area (Å²) in [6.45, 7) is 4.19. The molecular weight excluding hydrogens is 413 g/mol. The second kappa shape index (κ2) is 9.50. The van der Waals surface area contributed by atoms with E-state index in [0.717, 1.165) is 26.2 Å². The summed E-state index contributed by atoms with van der Waals surface area (Å²) < 4.78 is 20.0. The number of piperazine rings is 1. The number of aliphatic hydroxyl groups is 1. The maximum Gasteiger partial charge on any atom is 0.295 e. The van der Waals surface area contributed by atoms with Gasteiger partial charge in [0.15, 0.2) is 0 Å². The third-order valence-electron chi connectivity index (χ3n) is 5.97. The van der Waals surface area contributed by atoms with Crippen LogP contribution in [0.4, 0.5) is 4.39 Å². The zero-order valence-corrected chi connectivity index (χ0v) is 17.9. The van der Waals surface area contributed by atoms with Crippen molar-refractivity contribution in [2.24, 2.45) is 0 Å². The van der Waals surface area contributed by atoms with Crippen LogP contribution >= 0.6 is 0 Å². The number of carbonyl (C=O) groups excluding carboxylic acids is 2. The lowest BCUT2D eigenvalue weighted by Crippen LogP contribution is -2.46. The number of nitrogens with one attached hydrogen (secondary N) is 1. The molecule has 0 bridgehead atoms. The van der Waals surface area contributed by atoms with Crippen LogP contribution in [-0.4, -0.2) is 73.0 Å². The number of likely N-dealkylation sites (tertiary alicyclic amines) is 1. The fourth-order valence-electron chi connectivity index (χ4n) is 4.22. The molecule has 2 N–H and O–H groups in total. The van der Waals surface area contributed by atoms with E-state index in [2.05, 4.69) is 10.2 Å². The number of ether oxygens (including phenoxy) is 1. The average molecular weight is 439 g/mol. The number of carbonyl (C=O) groups is 2. The number of hydrogen-bond acceptors (Lipinski definition) is 6. The van der Waals surface area contributed by atoms with Gasteiger partial charge in [0.05, 0.1) is 18.7 Å². The molecule has 2 aromatic carbocycles. The van der Waals surface area contributed by atoms with E-state index in [0.29, 0.717) is 17.9 Å². The molecule has 8 heteroatoms. The van der Waals surface area contributed by atoms with Gasteiger partial charge in [-0.2, -0.15) is 0 Å². The van der Waals surface area contributed by atoms with Crippen molar-refractivity contribution < 1.29 is 23.8 Å². The van der Waals surface area contributed by atoms with Gasteiger partial charge in [-0.1, -0.05) is 18.2 Å². The Morgan fingerprint density at radius 2 is 1.78 bits per heavy atom. The molecule has 168 valence electrons. The van der Waals surface area contributed by atoms with E-state index in [1.807, 2.05) is 0 Å². The predicted octanol–water partition coefficient (Wildman–Crippen LogP) is 2.16. The van der Waals surface area contributed by atoms with Gasteiger partial charge in [0.1, 0.15) is 17.3 Å². The Labute approximate surface area is 186 Å². The minimum absolute atomic E-state index is 0.106. The molecule has 2 aliphatic rings. The third-order valence-corrected chi connectivity index (χ3v) is 5.97. The van der Waals surface area contributed by atoms with Gasteiger partial charge < -0.3 is 20.1 Å². The predicted molar refractivity (Wildman–Crippen MR) is 118 cm³/mol. The number of ketones is 1. The molecule has 0 spiro atoms. The van der Waals surface area contributed by atoms with Gasteiger partial charge in [0.2, 0.25) is 0 Å². The smallest absolute Gasteiger partial charge is 0.295 e. The molecule has 1 atom stereocenters. The molecule has 0 radical (unpaired) electrons. The highest BCUT2D eigenvalue weighted by molar-refractivity contribution is 6.46. The standard InChI is InChI=1S/C24H26FN3O4/c1-32-17-8-6-16(7-9-17)22(29)20-21(18-4-2-3-5-19(18)25)28(24(31)23(20)30)15-14-27-12-10-26-11-13-27/h2-9,21,26,29H,10-15H2,1H3/b22-20+. The molecule has 7 nitrogen and oxygen atoms in total. The largest absolute Gasteiger partial charge is 0.507 e. The fraction of sp³-hybridized carbons (Fsp3) is 0.333. The molecule has 0 aliphatic carbocycles.